The first-order chi connectivity index (χ1) is 12.4. The van der Waals surface area contributed by atoms with E-state index >= 15 is 0 Å². The number of carbonyl (C=O) groups is 2. The number of carboxylic acids is 1. The lowest BCUT2D eigenvalue weighted by Crippen LogP contribution is -2.40. The van der Waals surface area contributed by atoms with Crippen LogP contribution in [0, 0.1) is 11.3 Å². The smallest absolute Gasteiger partial charge is 0.311 e. The molecule has 0 bridgehead atoms. The lowest BCUT2D eigenvalue weighted by molar-refractivity contribution is -0.150. The lowest BCUT2D eigenvalue weighted by atomic mass is 9.76. The van der Waals surface area contributed by atoms with Gasteiger partial charge in [0.05, 0.1) is 5.41 Å². The Morgan fingerprint density at radius 2 is 1.92 bits per heavy atom. The predicted molar refractivity (Wildman–Crippen MR) is 96.2 cm³/mol. The van der Waals surface area contributed by atoms with Gasteiger partial charge in [-0.15, -0.1) is 0 Å². The number of amides is 1. The van der Waals surface area contributed by atoms with Crippen molar-refractivity contribution in [1.29, 1.82) is 0 Å². The number of carbonyl (C=O) groups excluding carboxylic acids is 1. The molecule has 136 valence electrons. The quantitative estimate of drug-likeness (QED) is 0.890. The zero-order valence-electron chi connectivity index (χ0n) is 14.9. The average Bonchev–Trinajstić information content (AvgIpc) is 3.09. The molecular formula is C20H22N2O4. The van der Waals surface area contributed by atoms with Crippen molar-refractivity contribution < 1.29 is 19.4 Å². The topological polar surface area (TPSA) is 79.7 Å². The first-order valence-corrected chi connectivity index (χ1v) is 8.64. The second kappa shape index (κ2) is 7.15. The fourth-order valence-corrected chi connectivity index (χ4v) is 3.28. The molecule has 1 N–H and O–H groups in total. The van der Waals surface area contributed by atoms with Crippen molar-refractivity contribution >= 4 is 11.9 Å². The maximum atomic E-state index is 12.8. The minimum Gasteiger partial charge on any atom is -0.481 e. The number of likely N-dealkylation sites (tertiary alicyclic amines) is 1. The van der Waals surface area contributed by atoms with Gasteiger partial charge in [0.25, 0.3) is 5.91 Å². The summed E-state index contributed by atoms with van der Waals surface area (Å²) in [6.45, 7) is 4.38. The molecule has 0 radical (unpaired) electrons. The lowest BCUT2D eigenvalue weighted by Gasteiger charge is -2.28. The fourth-order valence-electron chi connectivity index (χ4n) is 3.28. The number of ether oxygens (including phenoxy) is 1. The zero-order valence-corrected chi connectivity index (χ0v) is 14.9. The molecule has 26 heavy (non-hydrogen) atoms. The summed E-state index contributed by atoms with van der Waals surface area (Å²) in [6.07, 6.45) is 1.97. The molecule has 1 unspecified atom stereocenters. The van der Waals surface area contributed by atoms with Crippen LogP contribution in [0.25, 0.3) is 0 Å². The molecule has 1 fully saturated rings. The van der Waals surface area contributed by atoms with Crippen LogP contribution < -0.4 is 4.74 Å². The normalized spacial score (nSPS) is 19.6. The van der Waals surface area contributed by atoms with Crippen LogP contribution in [-0.2, 0) is 4.79 Å². The standard InChI is InChI=1S/C20H22N2O4/c1-14(2)20(19(24)25)9-11-22(13-20)18(23)17-12-16(8-10-21-17)26-15-6-4-3-5-7-15/h3-8,10,12,14H,9,11,13H2,1-2H3,(H,24,25). The molecule has 6 nitrogen and oxygen atoms in total. The summed E-state index contributed by atoms with van der Waals surface area (Å²) in [6, 6.07) is 12.5. The summed E-state index contributed by atoms with van der Waals surface area (Å²) in [5, 5.41) is 9.64. The Bertz CT molecular complexity index is 806. The number of benzene rings is 1. The van der Waals surface area contributed by atoms with Gasteiger partial charge in [0.15, 0.2) is 0 Å². The Labute approximate surface area is 152 Å². The van der Waals surface area contributed by atoms with Gasteiger partial charge < -0.3 is 14.7 Å². The van der Waals surface area contributed by atoms with Crippen molar-refractivity contribution in [3.8, 4) is 11.5 Å². The number of nitrogens with zero attached hydrogens (tertiary/aromatic N) is 2. The molecule has 1 aromatic heterocycles. The number of hydrogen-bond donors (Lipinski definition) is 1. The van der Waals surface area contributed by atoms with E-state index in [0.29, 0.717) is 24.5 Å². The van der Waals surface area contributed by atoms with E-state index < -0.39 is 11.4 Å². The van der Waals surface area contributed by atoms with E-state index in [1.165, 1.54) is 6.20 Å². The van der Waals surface area contributed by atoms with E-state index in [1.807, 2.05) is 44.2 Å². The van der Waals surface area contributed by atoms with Crippen LogP contribution in [0.15, 0.2) is 48.7 Å². The van der Waals surface area contributed by atoms with E-state index in [0.717, 1.165) is 0 Å². The number of aliphatic carboxylic acids is 1. The van der Waals surface area contributed by atoms with Crippen molar-refractivity contribution in [1.82, 2.24) is 9.88 Å². The molecular weight excluding hydrogens is 332 g/mol. The van der Waals surface area contributed by atoms with Crippen LogP contribution in [0.1, 0.15) is 30.8 Å². The van der Waals surface area contributed by atoms with Gasteiger partial charge in [0.2, 0.25) is 0 Å². The van der Waals surface area contributed by atoms with Crippen molar-refractivity contribution in [2.75, 3.05) is 13.1 Å². The van der Waals surface area contributed by atoms with Crippen LogP contribution in [0.3, 0.4) is 0 Å². The molecule has 6 heteroatoms. The molecule has 0 spiro atoms. The SMILES string of the molecule is CC(C)C1(C(=O)O)CCN(C(=O)c2cc(Oc3ccccc3)ccn2)C1. The Balaban J connectivity index is 1.77. The first kappa shape index (κ1) is 17.9. The summed E-state index contributed by atoms with van der Waals surface area (Å²) < 4.78 is 5.74. The van der Waals surface area contributed by atoms with Crippen molar-refractivity contribution in [2.24, 2.45) is 11.3 Å². The molecule has 1 aromatic carbocycles. The van der Waals surface area contributed by atoms with Gasteiger partial charge in [0, 0.05) is 25.4 Å². The van der Waals surface area contributed by atoms with Crippen LogP contribution in [0.4, 0.5) is 0 Å². The Morgan fingerprint density at radius 1 is 1.19 bits per heavy atom. The molecule has 3 rings (SSSR count). The highest BCUT2D eigenvalue weighted by Gasteiger charge is 2.48. The number of rotatable bonds is 5. The van der Waals surface area contributed by atoms with Crippen LogP contribution in [0.5, 0.6) is 11.5 Å². The third kappa shape index (κ3) is 3.40. The summed E-state index contributed by atoms with van der Waals surface area (Å²) in [5.41, 5.74) is -0.642. The van der Waals surface area contributed by atoms with Crippen LogP contribution in [0.2, 0.25) is 0 Å². The van der Waals surface area contributed by atoms with Gasteiger partial charge >= 0.3 is 5.97 Å². The highest BCUT2D eigenvalue weighted by atomic mass is 16.5. The highest BCUT2D eigenvalue weighted by Crippen LogP contribution is 2.38. The van der Waals surface area contributed by atoms with Crippen molar-refractivity contribution in [2.45, 2.75) is 20.3 Å². The minimum absolute atomic E-state index is 0.0569. The Morgan fingerprint density at radius 3 is 2.54 bits per heavy atom. The second-order valence-corrected chi connectivity index (χ2v) is 6.88. The first-order valence-electron chi connectivity index (χ1n) is 8.64. The van der Waals surface area contributed by atoms with Gasteiger partial charge in [-0.1, -0.05) is 32.0 Å². The van der Waals surface area contributed by atoms with E-state index in [2.05, 4.69) is 4.98 Å². The fraction of sp³-hybridized carbons (Fsp3) is 0.350. The number of hydrogen-bond acceptors (Lipinski definition) is 4. The van der Waals surface area contributed by atoms with E-state index in [9.17, 15) is 14.7 Å². The molecule has 2 heterocycles. The zero-order chi connectivity index (χ0) is 18.7. The number of aromatic nitrogens is 1. The largest absolute Gasteiger partial charge is 0.481 e. The van der Waals surface area contributed by atoms with E-state index in [1.54, 1.807) is 17.0 Å². The highest BCUT2D eigenvalue weighted by molar-refractivity contribution is 5.93. The molecule has 1 atom stereocenters. The van der Waals surface area contributed by atoms with E-state index in [4.69, 9.17) is 4.74 Å². The summed E-state index contributed by atoms with van der Waals surface area (Å²) in [4.78, 5) is 30.3. The van der Waals surface area contributed by atoms with Gasteiger partial charge in [-0.25, -0.2) is 0 Å². The monoisotopic (exact) mass is 354 g/mol. The van der Waals surface area contributed by atoms with Gasteiger partial charge in [-0.3, -0.25) is 14.6 Å². The molecule has 0 saturated carbocycles. The van der Waals surface area contributed by atoms with Crippen molar-refractivity contribution in [3.63, 3.8) is 0 Å². The van der Waals surface area contributed by atoms with Gasteiger partial charge in [0.1, 0.15) is 17.2 Å². The third-order valence-corrected chi connectivity index (χ3v) is 5.05. The Hall–Kier alpha value is -2.89. The molecule has 1 aliphatic rings. The number of carboxylic acid groups (broad SMARTS) is 1. The third-order valence-electron chi connectivity index (χ3n) is 5.05. The van der Waals surface area contributed by atoms with Crippen LogP contribution in [-0.4, -0.2) is 40.0 Å². The number of para-hydroxylation sites is 1. The molecule has 1 amide bonds. The van der Waals surface area contributed by atoms with Gasteiger partial charge in [-0.2, -0.15) is 0 Å². The summed E-state index contributed by atoms with van der Waals surface area (Å²) in [7, 11) is 0. The minimum atomic E-state index is -0.895. The van der Waals surface area contributed by atoms with Gasteiger partial charge in [-0.05, 0) is 30.5 Å². The summed E-state index contributed by atoms with van der Waals surface area (Å²) >= 11 is 0. The molecule has 0 aliphatic carbocycles. The van der Waals surface area contributed by atoms with Crippen LogP contribution >= 0.6 is 0 Å². The number of pyridine rings is 1. The molecule has 2 aromatic rings. The molecule has 1 aliphatic heterocycles. The predicted octanol–water partition coefficient (Wildman–Crippen LogP) is 3.45. The van der Waals surface area contributed by atoms with Crippen molar-refractivity contribution in [3.05, 3.63) is 54.4 Å². The summed E-state index contributed by atoms with van der Waals surface area (Å²) in [5.74, 6) is 0.00722. The average molecular weight is 354 g/mol. The second-order valence-electron chi connectivity index (χ2n) is 6.88. The maximum Gasteiger partial charge on any atom is 0.311 e. The van der Waals surface area contributed by atoms with E-state index in [-0.39, 0.29) is 24.1 Å². The molecule has 1 saturated heterocycles. The Kier molecular flexibility index (Phi) is 4.93. The maximum absolute atomic E-state index is 12.8.